The van der Waals surface area contributed by atoms with E-state index >= 15 is 0 Å². The van der Waals surface area contributed by atoms with E-state index in [9.17, 15) is 0 Å². The first kappa shape index (κ1) is 12.7. The average molecular weight is 226 g/mol. The fraction of sp³-hybridized carbons (Fsp3) is 0.750. The van der Waals surface area contributed by atoms with Crippen LogP contribution in [-0.2, 0) is 0 Å². The third-order valence-electron chi connectivity index (χ3n) is 2.64. The topological polar surface area (TPSA) is 38.9 Å². The Labute approximate surface area is 96.9 Å². The molecule has 0 aromatic carbocycles. The van der Waals surface area contributed by atoms with Crippen LogP contribution in [0.1, 0.15) is 62.2 Å². The lowest BCUT2D eigenvalue weighted by Crippen LogP contribution is -2.10. The molecule has 0 spiro atoms. The van der Waals surface area contributed by atoms with Gasteiger partial charge in [0.15, 0.2) is 0 Å². The minimum Gasteiger partial charge on any atom is -0.323 e. The molecule has 1 rings (SSSR count). The van der Waals surface area contributed by atoms with E-state index in [2.05, 4.69) is 17.3 Å². The van der Waals surface area contributed by atoms with Crippen molar-refractivity contribution in [2.75, 3.05) is 0 Å². The Morgan fingerprint density at radius 1 is 1.33 bits per heavy atom. The van der Waals surface area contributed by atoms with Crippen molar-refractivity contribution < 1.29 is 0 Å². The maximum absolute atomic E-state index is 6.07. The molecule has 0 saturated heterocycles. The van der Waals surface area contributed by atoms with Crippen molar-refractivity contribution in [3.8, 4) is 0 Å². The number of rotatable bonds is 7. The van der Waals surface area contributed by atoms with Crippen LogP contribution in [0.4, 0.5) is 0 Å². The predicted molar refractivity (Wildman–Crippen MR) is 67.2 cm³/mol. The van der Waals surface area contributed by atoms with Crippen molar-refractivity contribution in [1.29, 1.82) is 0 Å². The molecule has 0 bridgehead atoms. The summed E-state index contributed by atoms with van der Waals surface area (Å²) in [4.78, 5) is 4.42. The molecule has 1 aromatic heterocycles. The number of nitrogens with zero attached hydrogens (tertiary/aromatic N) is 1. The number of thiazole rings is 1. The molecule has 0 aliphatic heterocycles. The summed E-state index contributed by atoms with van der Waals surface area (Å²) in [6.45, 7) is 4.27. The number of hydrogen-bond donors (Lipinski definition) is 1. The molecule has 1 heterocycles. The van der Waals surface area contributed by atoms with Crippen LogP contribution in [0, 0.1) is 6.92 Å². The maximum atomic E-state index is 6.07. The molecule has 0 amide bonds. The molecule has 0 saturated carbocycles. The van der Waals surface area contributed by atoms with Gasteiger partial charge in [-0.3, -0.25) is 0 Å². The van der Waals surface area contributed by atoms with Crippen LogP contribution >= 0.6 is 11.3 Å². The van der Waals surface area contributed by atoms with Gasteiger partial charge >= 0.3 is 0 Å². The lowest BCUT2D eigenvalue weighted by molar-refractivity contribution is 0.549. The standard InChI is InChI=1S/C12H22N2S/c1-3-4-5-6-7-8-11(13)12-9-15-10(2)14-12/h9,11H,3-8,13H2,1-2H3. The van der Waals surface area contributed by atoms with E-state index < -0.39 is 0 Å². The summed E-state index contributed by atoms with van der Waals surface area (Å²) in [6, 6.07) is 0.150. The molecule has 86 valence electrons. The van der Waals surface area contributed by atoms with Crippen molar-refractivity contribution in [3.05, 3.63) is 16.1 Å². The average Bonchev–Trinajstić information content (AvgIpc) is 2.64. The Kier molecular flexibility index (Phi) is 5.88. The normalized spacial score (nSPS) is 13.0. The number of nitrogens with two attached hydrogens (primary N) is 1. The second kappa shape index (κ2) is 6.96. The summed E-state index contributed by atoms with van der Waals surface area (Å²) in [5, 5.41) is 3.21. The van der Waals surface area contributed by atoms with Gasteiger partial charge in [-0.1, -0.05) is 39.0 Å². The monoisotopic (exact) mass is 226 g/mol. The lowest BCUT2D eigenvalue weighted by atomic mass is 10.1. The second-order valence-electron chi connectivity index (χ2n) is 4.10. The minimum absolute atomic E-state index is 0.150. The fourth-order valence-corrected chi connectivity index (χ4v) is 2.34. The first-order valence-electron chi connectivity index (χ1n) is 5.91. The smallest absolute Gasteiger partial charge is 0.0898 e. The zero-order chi connectivity index (χ0) is 11.1. The van der Waals surface area contributed by atoms with Gasteiger partial charge in [-0.2, -0.15) is 0 Å². The molecule has 15 heavy (non-hydrogen) atoms. The van der Waals surface area contributed by atoms with Crippen LogP contribution in [-0.4, -0.2) is 4.98 Å². The SMILES string of the molecule is CCCCCCCC(N)c1csc(C)n1. The van der Waals surface area contributed by atoms with E-state index in [1.54, 1.807) is 11.3 Å². The predicted octanol–water partition coefficient (Wildman–Crippen LogP) is 3.81. The van der Waals surface area contributed by atoms with Crippen molar-refractivity contribution >= 4 is 11.3 Å². The van der Waals surface area contributed by atoms with E-state index in [1.807, 2.05) is 6.92 Å². The third-order valence-corrected chi connectivity index (χ3v) is 3.43. The highest BCUT2D eigenvalue weighted by atomic mass is 32.1. The number of aromatic nitrogens is 1. The molecule has 1 unspecified atom stereocenters. The van der Waals surface area contributed by atoms with E-state index in [1.165, 1.54) is 32.1 Å². The summed E-state index contributed by atoms with van der Waals surface area (Å²) < 4.78 is 0. The Morgan fingerprint density at radius 3 is 2.67 bits per heavy atom. The van der Waals surface area contributed by atoms with Crippen LogP contribution in [0.3, 0.4) is 0 Å². The molecule has 0 radical (unpaired) electrons. The van der Waals surface area contributed by atoms with E-state index in [4.69, 9.17) is 5.73 Å². The Hall–Kier alpha value is -0.410. The van der Waals surface area contributed by atoms with Crippen LogP contribution in [0.25, 0.3) is 0 Å². The van der Waals surface area contributed by atoms with Crippen molar-refractivity contribution in [1.82, 2.24) is 4.98 Å². The van der Waals surface area contributed by atoms with Crippen molar-refractivity contribution in [2.24, 2.45) is 5.73 Å². The van der Waals surface area contributed by atoms with Gasteiger partial charge in [0.1, 0.15) is 0 Å². The Bertz CT molecular complexity index is 270. The van der Waals surface area contributed by atoms with Gasteiger partial charge in [-0.15, -0.1) is 11.3 Å². The Morgan fingerprint density at radius 2 is 2.07 bits per heavy atom. The van der Waals surface area contributed by atoms with E-state index in [-0.39, 0.29) is 6.04 Å². The zero-order valence-corrected chi connectivity index (χ0v) is 10.6. The van der Waals surface area contributed by atoms with Crippen molar-refractivity contribution in [2.45, 2.75) is 58.4 Å². The summed E-state index contributed by atoms with van der Waals surface area (Å²) in [5.41, 5.74) is 7.14. The zero-order valence-electron chi connectivity index (χ0n) is 9.83. The van der Waals surface area contributed by atoms with Crippen LogP contribution in [0.2, 0.25) is 0 Å². The molecule has 0 fully saturated rings. The summed E-state index contributed by atoms with van der Waals surface area (Å²) >= 11 is 1.69. The molecule has 0 aliphatic carbocycles. The molecule has 1 atom stereocenters. The molecular weight excluding hydrogens is 204 g/mol. The number of hydrogen-bond acceptors (Lipinski definition) is 3. The highest BCUT2D eigenvalue weighted by Gasteiger charge is 2.08. The van der Waals surface area contributed by atoms with Crippen LogP contribution < -0.4 is 5.73 Å². The minimum atomic E-state index is 0.150. The fourth-order valence-electron chi connectivity index (χ4n) is 1.67. The largest absolute Gasteiger partial charge is 0.323 e. The highest BCUT2D eigenvalue weighted by molar-refractivity contribution is 7.09. The highest BCUT2D eigenvalue weighted by Crippen LogP contribution is 2.19. The quantitative estimate of drug-likeness (QED) is 0.718. The van der Waals surface area contributed by atoms with Crippen LogP contribution in [0.15, 0.2) is 5.38 Å². The van der Waals surface area contributed by atoms with E-state index in [0.29, 0.717) is 0 Å². The molecular formula is C12H22N2S. The summed E-state index contributed by atoms with van der Waals surface area (Å²) in [7, 11) is 0. The second-order valence-corrected chi connectivity index (χ2v) is 5.16. The molecule has 0 aliphatic rings. The third kappa shape index (κ3) is 4.76. The van der Waals surface area contributed by atoms with E-state index in [0.717, 1.165) is 17.1 Å². The van der Waals surface area contributed by atoms with Gasteiger partial charge in [0.2, 0.25) is 0 Å². The molecule has 3 heteroatoms. The lowest BCUT2D eigenvalue weighted by Gasteiger charge is -2.08. The molecule has 2 nitrogen and oxygen atoms in total. The summed E-state index contributed by atoms with van der Waals surface area (Å²) in [5.74, 6) is 0. The Balaban J connectivity index is 2.16. The van der Waals surface area contributed by atoms with Gasteiger partial charge in [-0.05, 0) is 13.3 Å². The number of aryl methyl sites for hydroxylation is 1. The van der Waals surface area contributed by atoms with Gasteiger partial charge in [-0.25, -0.2) is 4.98 Å². The molecule has 1 aromatic rings. The number of unbranched alkanes of at least 4 members (excludes halogenated alkanes) is 4. The van der Waals surface area contributed by atoms with Crippen molar-refractivity contribution in [3.63, 3.8) is 0 Å². The molecule has 2 N–H and O–H groups in total. The van der Waals surface area contributed by atoms with Crippen LogP contribution in [0.5, 0.6) is 0 Å². The van der Waals surface area contributed by atoms with Gasteiger partial charge in [0.25, 0.3) is 0 Å². The first-order valence-corrected chi connectivity index (χ1v) is 6.79. The summed E-state index contributed by atoms with van der Waals surface area (Å²) in [6.07, 6.45) is 7.62. The van der Waals surface area contributed by atoms with Gasteiger partial charge in [0.05, 0.1) is 10.7 Å². The van der Waals surface area contributed by atoms with Gasteiger partial charge < -0.3 is 5.73 Å². The van der Waals surface area contributed by atoms with Gasteiger partial charge in [0, 0.05) is 11.4 Å². The first-order chi connectivity index (χ1) is 7.24. The maximum Gasteiger partial charge on any atom is 0.0898 e.